The van der Waals surface area contributed by atoms with Gasteiger partial charge in [-0.3, -0.25) is 4.68 Å². The number of ether oxygens (including phenoxy) is 1. The third-order valence-corrected chi connectivity index (χ3v) is 3.44. The summed E-state index contributed by atoms with van der Waals surface area (Å²) < 4.78 is 8.55. The van der Waals surface area contributed by atoms with E-state index in [-0.39, 0.29) is 0 Å². The Morgan fingerprint density at radius 3 is 2.86 bits per heavy atom. The maximum Gasteiger partial charge on any atom is 0.343 e. The minimum atomic E-state index is -0.414. The topological polar surface area (TPSA) is 74.3 Å². The van der Waals surface area contributed by atoms with Gasteiger partial charge in [0.05, 0.1) is 24.2 Å². The van der Waals surface area contributed by atoms with E-state index in [1.54, 1.807) is 17.6 Å². The van der Waals surface area contributed by atoms with Gasteiger partial charge in [-0.2, -0.15) is 10.2 Å². The number of esters is 1. The molecule has 0 atom stereocenters. The van der Waals surface area contributed by atoms with Gasteiger partial charge in [0.25, 0.3) is 0 Å². The second kappa shape index (κ2) is 5.59. The van der Waals surface area contributed by atoms with E-state index in [2.05, 4.69) is 15.2 Å². The van der Waals surface area contributed by atoms with E-state index in [1.807, 2.05) is 30.8 Å². The minimum absolute atomic E-state index is 0.318. The zero-order valence-electron chi connectivity index (χ0n) is 12.8. The first-order valence-electron chi connectivity index (χ1n) is 7.20. The molecule has 0 spiro atoms. The van der Waals surface area contributed by atoms with Crippen molar-refractivity contribution in [2.24, 2.45) is 0 Å². The highest BCUT2D eigenvalue weighted by Crippen LogP contribution is 2.23. The first-order chi connectivity index (χ1) is 10.7. The van der Waals surface area contributed by atoms with Gasteiger partial charge >= 0.3 is 5.97 Å². The van der Waals surface area contributed by atoms with Crippen LogP contribution in [-0.2, 0) is 11.3 Å². The number of carbonyl (C=O) groups is 1. The molecule has 0 aliphatic heterocycles. The molecule has 0 bridgehead atoms. The Morgan fingerprint density at radius 1 is 1.36 bits per heavy atom. The molecule has 3 aromatic rings. The quantitative estimate of drug-likeness (QED) is 0.690. The van der Waals surface area contributed by atoms with E-state index in [0.29, 0.717) is 17.8 Å². The Kier molecular flexibility index (Phi) is 3.62. The van der Waals surface area contributed by atoms with Gasteiger partial charge in [0.1, 0.15) is 5.56 Å². The normalized spacial score (nSPS) is 11.0. The standard InChI is InChI=1S/C15H17N5O2/c1-4-19-9-12(10(3)18-19)13-6-7-16-14-11(8-17-20(13)14)15(21)22-5-2/h6-9H,4-5H2,1-3H3. The molecule has 3 heterocycles. The fourth-order valence-corrected chi connectivity index (χ4v) is 2.38. The number of fused-ring (bicyclic) bond motifs is 1. The summed E-state index contributed by atoms with van der Waals surface area (Å²) in [5, 5.41) is 8.74. The third-order valence-electron chi connectivity index (χ3n) is 3.44. The fraction of sp³-hybridized carbons (Fsp3) is 0.333. The van der Waals surface area contributed by atoms with Crippen LogP contribution in [0.2, 0.25) is 0 Å². The van der Waals surface area contributed by atoms with Crippen LogP contribution in [-0.4, -0.2) is 37.0 Å². The predicted molar refractivity (Wildman–Crippen MR) is 80.6 cm³/mol. The molecule has 22 heavy (non-hydrogen) atoms. The molecule has 3 aromatic heterocycles. The van der Waals surface area contributed by atoms with Gasteiger partial charge in [-0.15, -0.1) is 0 Å². The minimum Gasteiger partial charge on any atom is -0.462 e. The van der Waals surface area contributed by atoms with Crippen molar-refractivity contribution < 1.29 is 9.53 Å². The first kappa shape index (κ1) is 14.2. The molecule has 0 unspecified atom stereocenters. The lowest BCUT2D eigenvalue weighted by Gasteiger charge is -2.03. The summed E-state index contributed by atoms with van der Waals surface area (Å²) in [5.41, 5.74) is 3.57. The van der Waals surface area contributed by atoms with Crippen molar-refractivity contribution in [3.05, 3.63) is 35.9 Å². The molecule has 0 saturated heterocycles. The average Bonchev–Trinajstić information content (AvgIpc) is 3.10. The van der Waals surface area contributed by atoms with Gasteiger partial charge < -0.3 is 4.74 Å². The number of aromatic nitrogens is 5. The van der Waals surface area contributed by atoms with Crippen molar-refractivity contribution >= 4 is 11.6 Å². The predicted octanol–water partition coefficient (Wildman–Crippen LogP) is 2.10. The van der Waals surface area contributed by atoms with E-state index < -0.39 is 5.97 Å². The Bertz CT molecular complexity index is 834. The van der Waals surface area contributed by atoms with Gasteiger partial charge in [0, 0.05) is 24.5 Å². The summed E-state index contributed by atoms with van der Waals surface area (Å²) in [6.07, 6.45) is 5.12. The van der Waals surface area contributed by atoms with E-state index in [9.17, 15) is 4.79 Å². The number of nitrogens with zero attached hydrogens (tertiary/aromatic N) is 5. The summed E-state index contributed by atoms with van der Waals surface area (Å²) in [6.45, 7) is 6.86. The molecule has 0 aliphatic rings. The number of rotatable bonds is 4. The average molecular weight is 299 g/mol. The Morgan fingerprint density at radius 2 is 2.18 bits per heavy atom. The number of hydrogen-bond donors (Lipinski definition) is 0. The molecule has 0 N–H and O–H groups in total. The van der Waals surface area contributed by atoms with Crippen LogP contribution in [0, 0.1) is 6.92 Å². The monoisotopic (exact) mass is 299 g/mol. The van der Waals surface area contributed by atoms with E-state index >= 15 is 0 Å². The van der Waals surface area contributed by atoms with Crippen LogP contribution in [0.25, 0.3) is 16.9 Å². The van der Waals surface area contributed by atoms with Crippen LogP contribution in [0.15, 0.2) is 24.7 Å². The molecular weight excluding hydrogens is 282 g/mol. The fourth-order valence-electron chi connectivity index (χ4n) is 2.38. The highest BCUT2D eigenvalue weighted by Gasteiger charge is 2.18. The van der Waals surface area contributed by atoms with Gasteiger partial charge in [0.2, 0.25) is 0 Å². The number of hydrogen-bond acceptors (Lipinski definition) is 5. The van der Waals surface area contributed by atoms with Crippen LogP contribution >= 0.6 is 0 Å². The summed E-state index contributed by atoms with van der Waals surface area (Å²) in [4.78, 5) is 16.2. The Balaban J connectivity index is 2.15. The third kappa shape index (κ3) is 2.24. The van der Waals surface area contributed by atoms with Crippen LogP contribution in [0.3, 0.4) is 0 Å². The van der Waals surface area contributed by atoms with E-state index in [1.165, 1.54) is 6.20 Å². The molecule has 0 aromatic carbocycles. The smallest absolute Gasteiger partial charge is 0.343 e. The van der Waals surface area contributed by atoms with E-state index in [0.717, 1.165) is 23.5 Å². The zero-order valence-corrected chi connectivity index (χ0v) is 12.8. The lowest BCUT2D eigenvalue weighted by atomic mass is 10.2. The van der Waals surface area contributed by atoms with Crippen molar-refractivity contribution in [3.8, 4) is 11.3 Å². The highest BCUT2D eigenvalue weighted by molar-refractivity contribution is 5.95. The summed E-state index contributed by atoms with van der Waals surface area (Å²) in [6, 6.07) is 1.86. The van der Waals surface area contributed by atoms with Crippen molar-refractivity contribution in [1.29, 1.82) is 0 Å². The molecule has 0 aliphatic carbocycles. The second-order valence-corrected chi connectivity index (χ2v) is 4.83. The summed E-state index contributed by atoms with van der Waals surface area (Å²) >= 11 is 0. The maximum atomic E-state index is 12.0. The summed E-state index contributed by atoms with van der Waals surface area (Å²) in [5.74, 6) is -0.414. The van der Waals surface area contributed by atoms with Gasteiger partial charge in [-0.1, -0.05) is 0 Å². The van der Waals surface area contributed by atoms with Gasteiger partial charge in [-0.05, 0) is 26.8 Å². The number of aryl methyl sites for hydroxylation is 2. The number of carbonyl (C=O) groups excluding carboxylic acids is 1. The van der Waals surface area contributed by atoms with Crippen LogP contribution in [0.4, 0.5) is 0 Å². The molecule has 7 nitrogen and oxygen atoms in total. The van der Waals surface area contributed by atoms with Crippen LogP contribution < -0.4 is 0 Å². The Hall–Kier alpha value is -2.70. The maximum absolute atomic E-state index is 12.0. The first-order valence-corrected chi connectivity index (χ1v) is 7.20. The molecule has 114 valence electrons. The SMILES string of the molecule is CCOC(=O)c1cnn2c(-c3cn(CC)nc3C)ccnc12. The second-order valence-electron chi connectivity index (χ2n) is 4.83. The molecule has 0 saturated carbocycles. The van der Waals surface area contributed by atoms with Crippen LogP contribution in [0.1, 0.15) is 29.9 Å². The van der Waals surface area contributed by atoms with Crippen molar-refractivity contribution in [1.82, 2.24) is 24.4 Å². The molecule has 0 amide bonds. The molecule has 0 fully saturated rings. The largest absolute Gasteiger partial charge is 0.462 e. The lowest BCUT2D eigenvalue weighted by molar-refractivity contribution is 0.0528. The molecular formula is C15H17N5O2. The van der Waals surface area contributed by atoms with Gasteiger partial charge in [-0.25, -0.2) is 14.3 Å². The van der Waals surface area contributed by atoms with Crippen molar-refractivity contribution in [2.75, 3.05) is 6.61 Å². The van der Waals surface area contributed by atoms with E-state index in [4.69, 9.17) is 4.74 Å². The summed E-state index contributed by atoms with van der Waals surface area (Å²) in [7, 11) is 0. The van der Waals surface area contributed by atoms with Crippen LogP contribution in [0.5, 0.6) is 0 Å². The van der Waals surface area contributed by atoms with Gasteiger partial charge in [0.15, 0.2) is 5.65 Å². The molecule has 7 heteroatoms. The molecule has 0 radical (unpaired) electrons. The van der Waals surface area contributed by atoms with Crippen molar-refractivity contribution in [2.45, 2.75) is 27.3 Å². The Labute approximate surface area is 127 Å². The lowest BCUT2D eigenvalue weighted by Crippen LogP contribution is -2.05. The highest BCUT2D eigenvalue weighted by atomic mass is 16.5. The molecule has 3 rings (SSSR count). The zero-order chi connectivity index (χ0) is 15.7. The van der Waals surface area contributed by atoms with Crippen molar-refractivity contribution in [3.63, 3.8) is 0 Å².